The van der Waals surface area contributed by atoms with Crippen LogP contribution in [0.25, 0.3) is 0 Å². The third-order valence-corrected chi connectivity index (χ3v) is 6.17. The molecule has 0 saturated carbocycles. The molecule has 2 fully saturated rings. The Morgan fingerprint density at radius 3 is 2.32 bits per heavy atom. The third kappa shape index (κ3) is 3.99. The minimum atomic E-state index is -0.238. The summed E-state index contributed by atoms with van der Waals surface area (Å²) in [5, 5.41) is 0. The Hall–Kier alpha value is -2.53. The molecular formula is C23H26FN2O2+. The van der Waals surface area contributed by atoms with E-state index in [0.717, 1.165) is 31.5 Å². The molecule has 0 aliphatic carbocycles. The minimum Gasteiger partial charge on any atom is -0.324 e. The summed E-state index contributed by atoms with van der Waals surface area (Å²) in [6.07, 6.45) is 2.95. The van der Waals surface area contributed by atoms with E-state index in [1.54, 1.807) is 0 Å². The largest absolute Gasteiger partial charge is 0.324 e. The number of quaternary nitrogens is 1. The summed E-state index contributed by atoms with van der Waals surface area (Å²) in [5.41, 5.74) is 2.30. The average molecular weight is 381 g/mol. The van der Waals surface area contributed by atoms with Crippen LogP contribution in [0, 0.1) is 5.82 Å². The molecule has 2 saturated heterocycles. The van der Waals surface area contributed by atoms with Gasteiger partial charge in [-0.1, -0.05) is 42.5 Å². The predicted octanol–water partition coefficient (Wildman–Crippen LogP) is 1.96. The van der Waals surface area contributed by atoms with Gasteiger partial charge in [-0.25, -0.2) is 4.39 Å². The molecule has 28 heavy (non-hydrogen) atoms. The van der Waals surface area contributed by atoms with Crippen molar-refractivity contribution in [3.8, 4) is 0 Å². The molecule has 5 heteroatoms. The molecule has 146 valence electrons. The SMILES string of the molecule is O=C1C[C@H]([NH+]2CCC(c3ccc(F)cc3)CC2)C(=O)N1CCc1ccccc1. The van der Waals surface area contributed by atoms with Gasteiger partial charge < -0.3 is 4.90 Å². The topological polar surface area (TPSA) is 41.8 Å². The van der Waals surface area contributed by atoms with Gasteiger partial charge in [-0.05, 0) is 35.6 Å². The van der Waals surface area contributed by atoms with Crippen molar-refractivity contribution in [2.75, 3.05) is 19.6 Å². The minimum absolute atomic E-state index is 0.0174. The molecule has 2 amide bonds. The Labute approximate surface area is 164 Å². The number of hydrogen-bond acceptors (Lipinski definition) is 2. The van der Waals surface area contributed by atoms with Crippen LogP contribution < -0.4 is 4.90 Å². The highest BCUT2D eigenvalue weighted by Crippen LogP contribution is 2.25. The second-order valence-corrected chi connectivity index (χ2v) is 7.86. The Morgan fingerprint density at radius 2 is 1.64 bits per heavy atom. The summed E-state index contributed by atoms with van der Waals surface area (Å²) >= 11 is 0. The zero-order valence-corrected chi connectivity index (χ0v) is 15.9. The van der Waals surface area contributed by atoms with Crippen molar-refractivity contribution in [3.05, 3.63) is 71.5 Å². The van der Waals surface area contributed by atoms with Gasteiger partial charge in [0.1, 0.15) is 5.82 Å². The lowest BCUT2D eigenvalue weighted by Gasteiger charge is -2.32. The van der Waals surface area contributed by atoms with Crippen molar-refractivity contribution in [1.29, 1.82) is 0 Å². The first-order chi connectivity index (χ1) is 13.6. The van der Waals surface area contributed by atoms with Gasteiger partial charge in [-0.15, -0.1) is 0 Å². The number of imide groups is 1. The summed E-state index contributed by atoms with van der Waals surface area (Å²) in [4.78, 5) is 28.0. The van der Waals surface area contributed by atoms with Crippen LogP contribution in [0.1, 0.15) is 36.3 Å². The van der Waals surface area contributed by atoms with Crippen LogP contribution in [0.5, 0.6) is 0 Å². The van der Waals surface area contributed by atoms with E-state index in [4.69, 9.17) is 0 Å². The smallest absolute Gasteiger partial charge is 0.288 e. The van der Waals surface area contributed by atoms with Gasteiger partial charge in [0, 0.05) is 19.4 Å². The van der Waals surface area contributed by atoms with E-state index in [0.29, 0.717) is 25.3 Å². The second-order valence-electron chi connectivity index (χ2n) is 7.86. The van der Waals surface area contributed by atoms with Gasteiger partial charge in [0.15, 0.2) is 6.04 Å². The molecule has 1 N–H and O–H groups in total. The van der Waals surface area contributed by atoms with Crippen molar-refractivity contribution in [2.24, 2.45) is 0 Å². The van der Waals surface area contributed by atoms with Crippen molar-refractivity contribution < 1.29 is 18.9 Å². The summed E-state index contributed by atoms with van der Waals surface area (Å²) in [5.74, 6) is 0.137. The highest BCUT2D eigenvalue weighted by Gasteiger charge is 2.45. The Bertz CT molecular complexity index is 829. The number of halogens is 1. The molecule has 1 atom stereocenters. The molecule has 0 radical (unpaired) electrons. The molecule has 0 bridgehead atoms. The third-order valence-electron chi connectivity index (χ3n) is 6.17. The highest BCUT2D eigenvalue weighted by atomic mass is 19.1. The molecule has 2 aliphatic rings. The van der Waals surface area contributed by atoms with Crippen molar-refractivity contribution in [3.63, 3.8) is 0 Å². The summed E-state index contributed by atoms with van der Waals surface area (Å²) < 4.78 is 13.1. The van der Waals surface area contributed by atoms with Crippen LogP contribution in [0.2, 0.25) is 0 Å². The quantitative estimate of drug-likeness (QED) is 0.805. The maximum Gasteiger partial charge on any atom is 0.288 e. The van der Waals surface area contributed by atoms with Crippen LogP contribution in [-0.2, 0) is 16.0 Å². The van der Waals surface area contributed by atoms with Gasteiger partial charge in [0.05, 0.1) is 19.5 Å². The first-order valence-corrected chi connectivity index (χ1v) is 10.1. The summed E-state index contributed by atoms with van der Waals surface area (Å²) in [6.45, 7) is 2.21. The fraction of sp³-hybridized carbons (Fsp3) is 0.391. The van der Waals surface area contributed by atoms with Gasteiger partial charge in [0.25, 0.3) is 5.91 Å². The Morgan fingerprint density at radius 1 is 0.964 bits per heavy atom. The molecule has 2 aromatic rings. The van der Waals surface area contributed by atoms with Crippen LogP contribution in [0.4, 0.5) is 4.39 Å². The van der Waals surface area contributed by atoms with E-state index in [1.807, 2.05) is 42.5 Å². The first kappa shape index (κ1) is 18.8. The van der Waals surface area contributed by atoms with E-state index < -0.39 is 0 Å². The number of hydrogen-bond donors (Lipinski definition) is 1. The molecular weight excluding hydrogens is 355 g/mol. The normalized spacial score (nSPS) is 25.3. The number of rotatable bonds is 5. The molecule has 0 spiro atoms. The van der Waals surface area contributed by atoms with Gasteiger partial charge in [0.2, 0.25) is 5.91 Å². The average Bonchev–Trinajstić information content (AvgIpc) is 3.01. The summed E-state index contributed by atoms with van der Waals surface area (Å²) in [6, 6.07) is 16.5. The molecule has 2 aromatic carbocycles. The highest BCUT2D eigenvalue weighted by molar-refractivity contribution is 6.04. The number of benzene rings is 2. The lowest BCUT2D eigenvalue weighted by molar-refractivity contribution is -0.920. The Kier molecular flexibility index (Phi) is 5.53. The van der Waals surface area contributed by atoms with Crippen LogP contribution in [-0.4, -0.2) is 42.4 Å². The molecule has 4 rings (SSSR count). The van der Waals surface area contributed by atoms with Crippen molar-refractivity contribution >= 4 is 11.8 Å². The van der Waals surface area contributed by atoms with Crippen molar-refractivity contribution in [1.82, 2.24) is 4.90 Å². The zero-order chi connectivity index (χ0) is 19.5. The second kappa shape index (κ2) is 8.23. The van der Waals surface area contributed by atoms with Crippen LogP contribution in [0.15, 0.2) is 54.6 Å². The van der Waals surface area contributed by atoms with Gasteiger partial charge in [-0.3, -0.25) is 14.5 Å². The van der Waals surface area contributed by atoms with E-state index in [9.17, 15) is 14.0 Å². The molecule has 2 heterocycles. The van der Waals surface area contributed by atoms with E-state index in [2.05, 4.69) is 0 Å². The monoisotopic (exact) mass is 381 g/mol. The molecule has 0 aromatic heterocycles. The first-order valence-electron chi connectivity index (χ1n) is 10.1. The Balaban J connectivity index is 1.33. The van der Waals surface area contributed by atoms with E-state index in [1.165, 1.54) is 27.5 Å². The molecule has 2 aliphatic heterocycles. The number of nitrogens with one attached hydrogen (secondary N) is 1. The number of amides is 2. The lowest BCUT2D eigenvalue weighted by Crippen LogP contribution is -3.17. The fourth-order valence-corrected chi connectivity index (χ4v) is 4.53. The zero-order valence-electron chi connectivity index (χ0n) is 15.9. The van der Waals surface area contributed by atoms with Crippen molar-refractivity contribution in [2.45, 2.75) is 37.6 Å². The van der Waals surface area contributed by atoms with E-state index in [-0.39, 0.29) is 23.7 Å². The number of carbonyl (C=O) groups is 2. The predicted molar refractivity (Wildman–Crippen MR) is 104 cm³/mol. The van der Waals surface area contributed by atoms with E-state index >= 15 is 0 Å². The van der Waals surface area contributed by atoms with Gasteiger partial charge in [-0.2, -0.15) is 0 Å². The maximum absolute atomic E-state index is 13.1. The van der Waals surface area contributed by atoms with Gasteiger partial charge >= 0.3 is 0 Å². The number of nitrogens with zero attached hydrogens (tertiary/aromatic N) is 1. The molecule has 4 nitrogen and oxygen atoms in total. The number of carbonyl (C=O) groups excluding carboxylic acids is 2. The van der Waals surface area contributed by atoms with Crippen LogP contribution >= 0.6 is 0 Å². The lowest BCUT2D eigenvalue weighted by atomic mass is 9.89. The molecule has 0 unspecified atom stereocenters. The maximum atomic E-state index is 13.1. The van der Waals surface area contributed by atoms with Crippen LogP contribution in [0.3, 0.4) is 0 Å². The fourth-order valence-electron chi connectivity index (χ4n) is 4.53. The standard InChI is InChI=1S/C23H25FN2O2/c24-20-8-6-18(7-9-20)19-11-13-25(14-12-19)21-16-22(27)26(23(21)28)15-10-17-4-2-1-3-5-17/h1-9,19,21H,10-16H2/p+1/t21-/m0/s1. The number of piperidine rings is 1. The summed E-state index contributed by atoms with van der Waals surface area (Å²) in [7, 11) is 0. The number of likely N-dealkylation sites (tertiary alicyclic amines) is 2.